The van der Waals surface area contributed by atoms with Gasteiger partial charge in [0.15, 0.2) is 0 Å². The van der Waals surface area contributed by atoms with Crippen molar-refractivity contribution >= 4 is 23.2 Å². The van der Waals surface area contributed by atoms with Crippen molar-refractivity contribution < 1.29 is 22.5 Å². The van der Waals surface area contributed by atoms with Crippen molar-refractivity contribution in [2.75, 3.05) is 5.73 Å². The van der Waals surface area contributed by atoms with Crippen molar-refractivity contribution in [1.82, 2.24) is 19.2 Å². The number of hydrogen-bond acceptors (Lipinski definition) is 4. The molecule has 0 saturated heterocycles. The minimum atomic E-state index is -4.47. The van der Waals surface area contributed by atoms with Crippen molar-refractivity contribution in [1.29, 1.82) is 0 Å². The molecule has 0 spiro atoms. The zero-order valence-corrected chi connectivity index (χ0v) is 17.3. The summed E-state index contributed by atoms with van der Waals surface area (Å²) in [6.45, 7) is 1.03. The molecule has 0 atom stereocenters. The number of nitrogens with two attached hydrogens (primary N) is 1. The maximum atomic E-state index is 13.5. The van der Waals surface area contributed by atoms with Crippen LogP contribution in [0.25, 0.3) is 28.0 Å². The van der Waals surface area contributed by atoms with Gasteiger partial charge in [0.1, 0.15) is 16.7 Å². The quantitative estimate of drug-likeness (QED) is 0.366. The van der Waals surface area contributed by atoms with Crippen molar-refractivity contribution in [2.45, 2.75) is 26.1 Å². The summed E-state index contributed by atoms with van der Waals surface area (Å²) in [5.74, 6) is -0.608. The number of aromatic amines is 1. The van der Waals surface area contributed by atoms with Gasteiger partial charge in [-0.15, -0.1) is 9.50 Å². The average molecular weight is 468 g/mol. The molecule has 0 radical (unpaired) electrons. The second-order valence-corrected chi connectivity index (χ2v) is 7.50. The summed E-state index contributed by atoms with van der Waals surface area (Å²) in [6, 6.07) is 8.68. The van der Waals surface area contributed by atoms with Crippen molar-refractivity contribution in [3.05, 3.63) is 63.5 Å². The van der Waals surface area contributed by atoms with Gasteiger partial charge in [0.05, 0.1) is 18.5 Å². The van der Waals surface area contributed by atoms with E-state index in [2.05, 4.69) is 15.1 Å². The number of aryl methyl sites for hydroxylation is 2. The number of halogens is 5. The number of benzene rings is 1. The number of nitrogen functional groups attached to an aromatic ring is 1. The number of alkyl halides is 3. The number of aromatic nitrogens is 5. The van der Waals surface area contributed by atoms with Crippen LogP contribution in [0.3, 0.4) is 0 Å². The molecule has 0 bridgehead atoms. The minimum Gasteiger partial charge on any atom is -0.290 e. The molecule has 3 N–H and O–H groups in total. The van der Waals surface area contributed by atoms with E-state index in [0.717, 1.165) is 4.40 Å². The van der Waals surface area contributed by atoms with Crippen molar-refractivity contribution in [3.63, 3.8) is 0 Å². The molecule has 0 saturated carbocycles. The van der Waals surface area contributed by atoms with Crippen LogP contribution < -0.4 is 16.4 Å². The van der Waals surface area contributed by atoms with E-state index >= 15 is 0 Å². The zero-order chi connectivity index (χ0) is 23.2. The largest absolute Gasteiger partial charge is 0.411 e. The van der Waals surface area contributed by atoms with Crippen LogP contribution in [0.5, 0.6) is 0 Å². The fraction of sp³-hybridized carbons (Fsp3) is 0.200. The lowest BCUT2D eigenvalue weighted by Crippen LogP contribution is -2.28. The van der Waals surface area contributed by atoms with Gasteiger partial charge < -0.3 is 0 Å². The maximum absolute atomic E-state index is 13.5. The normalized spacial score (nSPS) is 11.9. The summed E-state index contributed by atoms with van der Waals surface area (Å²) in [6.07, 6.45) is -5.70. The number of fused-ring (bicyclic) bond motifs is 1. The molecule has 1 aromatic carbocycles. The lowest BCUT2D eigenvalue weighted by Gasteiger charge is -2.10. The predicted octanol–water partition coefficient (Wildman–Crippen LogP) is 3.67. The fourth-order valence-electron chi connectivity index (χ4n) is 3.40. The van der Waals surface area contributed by atoms with Crippen molar-refractivity contribution in [2.24, 2.45) is 0 Å². The highest BCUT2D eigenvalue weighted by Gasteiger charge is 2.30. The lowest BCUT2D eigenvalue weighted by molar-refractivity contribution is -0.351. The monoisotopic (exact) mass is 467 g/mol. The summed E-state index contributed by atoms with van der Waals surface area (Å²) in [4.78, 5) is 19.8. The van der Waals surface area contributed by atoms with Gasteiger partial charge in [-0.05, 0) is 48.9 Å². The Balaban J connectivity index is 2.05. The Hall–Kier alpha value is -3.47. The summed E-state index contributed by atoms with van der Waals surface area (Å²) in [5, 5.41) is 4.31. The smallest absolute Gasteiger partial charge is 0.290 e. The molecule has 0 unspecified atom stereocenters. The first-order chi connectivity index (χ1) is 15.0. The Labute approximate surface area is 183 Å². The number of nitrogens with one attached hydrogen (secondary N) is 1. The Morgan fingerprint density at radius 3 is 2.47 bits per heavy atom. The fourth-order valence-corrected chi connectivity index (χ4v) is 3.65. The van der Waals surface area contributed by atoms with E-state index in [0.29, 0.717) is 32.8 Å². The summed E-state index contributed by atoms with van der Waals surface area (Å²) in [7, 11) is 0. The van der Waals surface area contributed by atoms with Crippen LogP contribution in [0.15, 0.2) is 41.2 Å². The summed E-state index contributed by atoms with van der Waals surface area (Å²) >= 11 is 6.12. The van der Waals surface area contributed by atoms with Crippen LogP contribution in [0.4, 0.5) is 23.5 Å². The van der Waals surface area contributed by atoms with Crippen LogP contribution in [0.2, 0.25) is 5.15 Å². The third-order valence-electron chi connectivity index (χ3n) is 4.76. The number of nitrogens with zero attached hydrogens (tertiary/aromatic N) is 4. The van der Waals surface area contributed by atoms with Crippen LogP contribution in [-0.2, 0) is 6.54 Å². The Kier molecular flexibility index (Phi) is 5.37. The van der Waals surface area contributed by atoms with E-state index in [1.54, 1.807) is 13.0 Å². The average Bonchev–Trinajstić information content (AvgIpc) is 3.02. The van der Waals surface area contributed by atoms with Crippen LogP contribution in [0.1, 0.15) is 12.1 Å². The molecule has 3 aromatic heterocycles. The topological polar surface area (TPSA) is 92.3 Å². The molecule has 0 aliphatic rings. The van der Waals surface area contributed by atoms with Gasteiger partial charge in [-0.25, -0.2) is 19.2 Å². The molecule has 4 aromatic rings. The summed E-state index contributed by atoms with van der Waals surface area (Å²) < 4.78 is 53.4. The van der Waals surface area contributed by atoms with Crippen molar-refractivity contribution in [3.8, 4) is 22.4 Å². The molecule has 166 valence electrons. The second-order valence-electron chi connectivity index (χ2n) is 7.12. The third kappa shape index (κ3) is 4.15. The van der Waals surface area contributed by atoms with Gasteiger partial charge in [0.2, 0.25) is 5.65 Å². The lowest BCUT2D eigenvalue weighted by atomic mass is 10.00. The molecule has 0 aliphatic heterocycles. The maximum Gasteiger partial charge on any atom is 0.411 e. The second kappa shape index (κ2) is 7.90. The standard InChI is InChI=1S/C20H15ClF4N6O/c1-10-8-12(9-14(21)27-10)15-16(11-2-4-13(22)5-3-11)28-18(26)31-17(15)29-30(19(31)32)7-6-20(23,24)25/h2-5,8-9H,6-7H2,1H3,(H2,26,28)/p+1. The van der Waals surface area contributed by atoms with Gasteiger partial charge in [-0.1, -0.05) is 11.6 Å². The van der Waals surface area contributed by atoms with Gasteiger partial charge >= 0.3 is 17.8 Å². The van der Waals surface area contributed by atoms with E-state index in [9.17, 15) is 22.4 Å². The molecule has 3 heterocycles. The van der Waals surface area contributed by atoms with E-state index in [-0.39, 0.29) is 16.7 Å². The molecule has 4 rings (SSSR count). The first-order valence-corrected chi connectivity index (χ1v) is 9.73. The van der Waals surface area contributed by atoms with E-state index in [1.165, 1.54) is 30.3 Å². The predicted molar refractivity (Wildman–Crippen MR) is 109 cm³/mol. The van der Waals surface area contributed by atoms with Gasteiger partial charge in [0, 0.05) is 11.3 Å². The summed E-state index contributed by atoms with van der Waals surface area (Å²) in [5.41, 5.74) is 7.54. The third-order valence-corrected chi connectivity index (χ3v) is 4.95. The highest BCUT2D eigenvalue weighted by atomic mass is 35.5. The van der Waals surface area contributed by atoms with Gasteiger partial charge in [-0.2, -0.15) is 17.9 Å². The van der Waals surface area contributed by atoms with E-state index < -0.39 is 30.6 Å². The highest BCUT2D eigenvalue weighted by molar-refractivity contribution is 6.29. The first kappa shape index (κ1) is 21.8. The Bertz CT molecular complexity index is 1360. The number of anilines is 1. The molecular formula is C20H16ClF4N6O+. The molecule has 7 nitrogen and oxygen atoms in total. The van der Waals surface area contributed by atoms with Crippen LogP contribution in [-0.4, -0.2) is 25.3 Å². The SMILES string of the molecule is Cc1cc(-c2c(-c3ccc(F)cc3)[nH+]c(N)n3c(=O)n(CCC(F)(F)F)nc23)cc(Cl)n1. The highest BCUT2D eigenvalue weighted by Crippen LogP contribution is 2.33. The van der Waals surface area contributed by atoms with E-state index in [1.807, 2.05) is 0 Å². The Morgan fingerprint density at radius 2 is 1.84 bits per heavy atom. The first-order valence-electron chi connectivity index (χ1n) is 9.35. The minimum absolute atomic E-state index is 0.0226. The Morgan fingerprint density at radius 1 is 1.16 bits per heavy atom. The van der Waals surface area contributed by atoms with E-state index in [4.69, 9.17) is 17.3 Å². The number of rotatable bonds is 4. The van der Waals surface area contributed by atoms with Crippen LogP contribution in [0, 0.1) is 12.7 Å². The van der Waals surface area contributed by atoms with Gasteiger partial charge in [0.25, 0.3) is 0 Å². The number of H-pyrrole nitrogens is 1. The number of pyridine rings is 1. The molecule has 0 aliphatic carbocycles. The van der Waals surface area contributed by atoms with Crippen LogP contribution >= 0.6 is 11.6 Å². The zero-order valence-electron chi connectivity index (χ0n) is 16.5. The van der Waals surface area contributed by atoms with Gasteiger partial charge in [-0.3, -0.25) is 5.73 Å². The molecule has 12 heteroatoms. The molecule has 32 heavy (non-hydrogen) atoms. The molecular weight excluding hydrogens is 452 g/mol. The molecule has 0 fully saturated rings. The molecule has 0 amide bonds. The number of hydrogen-bond donors (Lipinski definition) is 1.